The fraction of sp³-hybridized carbons (Fsp3) is 0.261. The third-order valence-electron chi connectivity index (χ3n) is 5.06. The van der Waals surface area contributed by atoms with Gasteiger partial charge in [-0.15, -0.1) is 11.3 Å². The van der Waals surface area contributed by atoms with Crippen molar-refractivity contribution in [3.05, 3.63) is 63.3 Å². The molecule has 1 aliphatic rings. The number of carbonyl (C=O) groups excluding carboxylic acids is 2. The first-order valence-corrected chi connectivity index (χ1v) is 11.1. The molecule has 2 aromatic heterocycles. The molecule has 0 saturated heterocycles. The number of hydrogen-bond acceptors (Lipinski definition) is 5. The molecular formula is C23H22ClN3O3S. The van der Waals surface area contributed by atoms with Gasteiger partial charge in [-0.1, -0.05) is 11.6 Å². The summed E-state index contributed by atoms with van der Waals surface area (Å²) in [4.78, 5) is 25.5. The second-order valence-corrected chi connectivity index (χ2v) is 9.02. The molecule has 0 radical (unpaired) electrons. The minimum absolute atomic E-state index is 0.0513. The van der Waals surface area contributed by atoms with E-state index in [0.717, 1.165) is 32.1 Å². The van der Waals surface area contributed by atoms with Crippen LogP contribution in [0.3, 0.4) is 0 Å². The second-order valence-electron chi connectivity index (χ2n) is 7.53. The number of ketones is 1. The Kier molecular flexibility index (Phi) is 5.98. The van der Waals surface area contributed by atoms with Crippen LogP contribution in [0.4, 0.5) is 0 Å². The molecule has 160 valence electrons. The highest BCUT2D eigenvalue weighted by Gasteiger charge is 2.26. The maximum Gasteiger partial charge on any atom is 0.244 e. The number of rotatable bonds is 6. The first kappa shape index (κ1) is 21.3. The molecule has 0 spiro atoms. The van der Waals surface area contributed by atoms with E-state index in [0.29, 0.717) is 23.7 Å². The van der Waals surface area contributed by atoms with Crippen molar-refractivity contribution in [2.75, 3.05) is 6.54 Å². The Balaban J connectivity index is 1.39. The topological polar surface area (TPSA) is 73.2 Å². The fourth-order valence-corrected chi connectivity index (χ4v) is 4.72. The van der Waals surface area contributed by atoms with Crippen molar-refractivity contribution in [3.63, 3.8) is 0 Å². The van der Waals surface area contributed by atoms with Crippen LogP contribution in [-0.4, -0.2) is 34.1 Å². The smallest absolute Gasteiger partial charge is 0.244 e. The van der Waals surface area contributed by atoms with E-state index in [-0.39, 0.29) is 17.8 Å². The number of carbonyl (C=O) groups is 2. The number of hydrogen-bond donors (Lipinski definition) is 1. The van der Waals surface area contributed by atoms with Crippen LogP contribution in [-0.2, 0) is 18.3 Å². The quantitative estimate of drug-likeness (QED) is 0.440. The molecule has 1 aliphatic heterocycles. The van der Waals surface area contributed by atoms with Crippen LogP contribution in [0.1, 0.15) is 33.4 Å². The fourth-order valence-electron chi connectivity index (χ4n) is 3.55. The predicted molar refractivity (Wildman–Crippen MR) is 123 cm³/mol. The number of Topliss-reactive ketones (excluding diaryl/α,β-unsaturated/α-hetero) is 1. The Labute approximate surface area is 189 Å². The Hall–Kier alpha value is -2.90. The molecule has 6 nitrogen and oxygen atoms in total. The van der Waals surface area contributed by atoms with Gasteiger partial charge in [0.15, 0.2) is 5.78 Å². The average Bonchev–Trinajstić information content (AvgIpc) is 3.43. The zero-order valence-corrected chi connectivity index (χ0v) is 19.0. The van der Waals surface area contributed by atoms with Gasteiger partial charge in [0.25, 0.3) is 0 Å². The molecule has 8 heteroatoms. The van der Waals surface area contributed by atoms with Gasteiger partial charge in [0.05, 0.1) is 22.1 Å². The lowest BCUT2D eigenvalue weighted by Gasteiger charge is -2.11. The molecule has 31 heavy (non-hydrogen) atoms. The maximum atomic E-state index is 12.2. The molecule has 1 atom stereocenters. The van der Waals surface area contributed by atoms with Crippen molar-refractivity contribution in [2.24, 2.45) is 7.05 Å². The number of amides is 1. The van der Waals surface area contributed by atoms with Crippen molar-refractivity contribution >= 4 is 40.7 Å². The number of aromatic nitrogens is 2. The minimum atomic E-state index is -0.190. The van der Waals surface area contributed by atoms with Crippen molar-refractivity contribution in [1.82, 2.24) is 15.1 Å². The summed E-state index contributed by atoms with van der Waals surface area (Å²) in [6, 6.07) is 7.67. The number of nitrogens with one attached hydrogen (secondary N) is 1. The summed E-state index contributed by atoms with van der Waals surface area (Å²) >= 11 is 7.91. The summed E-state index contributed by atoms with van der Waals surface area (Å²) < 4.78 is 7.69. The summed E-state index contributed by atoms with van der Waals surface area (Å²) in [5.74, 6) is 0.523. The van der Waals surface area contributed by atoms with E-state index in [4.69, 9.17) is 16.3 Å². The van der Waals surface area contributed by atoms with Crippen LogP contribution in [0.25, 0.3) is 16.5 Å². The summed E-state index contributed by atoms with van der Waals surface area (Å²) in [6.45, 7) is 3.84. The third-order valence-corrected chi connectivity index (χ3v) is 6.58. The number of fused-ring (bicyclic) bond motifs is 1. The van der Waals surface area contributed by atoms with Crippen LogP contribution in [0.15, 0.2) is 36.5 Å². The largest absolute Gasteiger partial charge is 0.486 e. The molecule has 0 fully saturated rings. The number of benzene rings is 1. The van der Waals surface area contributed by atoms with Crippen LogP contribution in [0, 0.1) is 6.92 Å². The monoisotopic (exact) mass is 455 g/mol. The number of thiophene rings is 1. The summed E-state index contributed by atoms with van der Waals surface area (Å²) in [6.07, 6.45) is 5.58. The Morgan fingerprint density at radius 1 is 1.39 bits per heavy atom. The van der Waals surface area contributed by atoms with Gasteiger partial charge in [-0.2, -0.15) is 5.10 Å². The number of ether oxygens (including phenoxy) is 1. The molecule has 3 heterocycles. The highest BCUT2D eigenvalue weighted by atomic mass is 35.5. The standard InChI is InChI=1S/C23H22ClN3O3S/c1-13-15(12-27(3)26-13)4-7-22(29)25-11-18-9-17-8-16(10-19(24)23(17)30-18)21-6-5-20(31-21)14(2)28/h4-8,10,12,18H,9,11H2,1-3H3,(H,25,29). The normalized spacial score (nSPS) is 15.2. The summed E-state index contributed by atoms with van der Waals surface area (Å²) in [5, 5.41) is 7.67. The number of aryl methyl sites for hydroxylation is 2. The molecule has 0 aliphatic carbocycles. The first-order valence-electron chi connectivity index (χ1n) is 9.86. The van der Waals surface area contributed by atoms with Crippen molar-refractivity contribution < 1.29 is 14.3 Å². The van der Waals surface area contributed by atoms with Gasteiger partial charge in [0.1, 0.15) is 11.9 Å². The van der Waals surface area contributed by atoms with E-state index < -0.39 is 0 Å². The lowest BCUT2D eigenvalue weighted by Crippen LogP contribution is -2.33. The van der Waals surface area contributed by atoms with Gasteiger partial charge < -0.3 is 10.1 Å². The molecule has 1 N–H and O–H groups in total. The van der Waals surface area contributed by atoms with Crippen LogP contribution < -0.4 is 10.1 Å². The van der Waals surface area contributed by atoms with E-state index in [1.165, 1.54) is 17.4 Å². The summed E-state index contributed by atoms with van der Waals surface area (Å²) in [5.41, 5.74) is 3.74. The Morgan fingerprint density at radius 2 is 2.19 bits per heavy atom. The number of nitrogens with zero attached hydrogens (tertiary/aromatic N) is 2. The van der Waals surface area contributed by atoms with E-state index in [1.807, 2.05) is 44.4 Å². The molecule has 0 bridgehead atoms. The van der Waals surface area contributed by atoms with Gasteiger partial charge in [-0.3, -0.25) is 14.3 Å². The highest BCUT2D eigenvalue weighted by molar-refractivity contribution is 7.17. The Bertz CT molecular complexity index is 1190. The summed E-state index contributed by atoms with van der Waals surface area (Å²) in [7, 11) is 1.84. The lowest BCUT2D eigenvalue weighted by molar-refractivity contribution is -0.116. The maximum absolute atomic E-state index is 12.2. The minimum Gasteiger partial charge on any atom is -0.486 e. The van der Waals surface area contributed by atoms with Crippen LogP contribution in [0.5, 0.6) is 5.75 Å². The van der Waals surface area contributed by atoms with Gasteiger partial charge >= 0.3 is 0 Å². The highest BCUT2D eigenvalue weighted by Crippen LogP contribution is 2.41. The van der Waals surface area contributed by atoms with Gasteiger partial charge in [-0.25, -0.2) is 0 Å². The van der Waals surface area contributed by atoms with Gasteiger partial charge in [0, 0.05) is 41.7 Å². The van der Waals surface area contributed by atoms with Crippen molar-refractivity contribution in [1.29, 1.82) is 0 Å². The third kappa shape index (κ3) is 4.73. The van der Waals surface area contributed by atoms with Crippen LogP contribution in [0.2, 0.25) is 5.02 Å². The van der Waals surface area contributed by atoms with Gasteiger partial charge in [0.2, 0.25) is 5.91 Å². The molecule has 4 rings (SSSR count). The Morgan fingerprint density at radius 3 is 2.87 bits per heavy atom. The number of halogens is 1. The molecular weight excluding hydrogens is 434 g/mol. The van der Waals surface area contributed by atoms with E-state index in [2.05, 4.69) is 10.4 Å². The molecule has 3 aromatic rings. The molecule has 0 saturated carbocycles. The first-order chi connectivity index (χ1) is 14.8. The zero-order valence-electron chi connectivity index (χ0n) is 17.4. The molecule has 1 amide bonds. The van der Waals surface area contributed by atoms with Crippen LogP contribution >= 0.6 is 22.9 Å². The SMILES string of the molecule is CC(=O)c1ccc(-c2cc(Cl)c3c(c2)CC(CNC(=O)C=Cc2cn(C)nc2C)O3)s1. The van der Waals surface area contributed by atoms with E-state index >= 15 is 0 Å². The van der Waals surface area contributed by atoms with Crippen molar-refractivity contribution in [3.8, 4) is 16.2 Å². The van der Waals surface area contributed by atoms with E-state index in [1.54, 1.807) is 17.7 Å². The zero-order chi connectivity index (χ0) is 22.1. The predicted octanol–water partition coefficient (Wildman–Crippen LogP) is 4.45. The lowest BCUT2D eigenvalue weighted by atomic mass is 10.1. The second kappa shape index (κ2) is 8.69. The molecule has 1 unspecified atom stereocenters. The van der Waals surface area contributed by atoms with Crippen molar-refractivity contribution in [2.45, 2.75) is 26.4 Å². The molecule has 1 aromatic carbocycles. The van der Waals surface area contributed by atoms with E-state index in [9.17, 15) is 9.59 Å². The average molecular weight is 456 g/mol. The van der Waals surface area contributed by atoms with Gasteiger partial charge in [-0.05, 0) is 49.8 Å².